The zero-order chi connectivity index (χ0) is 18.0. The fraction of sp³-hybridized carbons (Fsp3) is 0.105. The van der Waals surface area contributed by atoms with E-state index in [0.29, 0.717) is 5.56 Å². The number of ether oxygens (including phenoxy) is 1. The van der Waals surface area contributed by atoms with Crippen molar-refractivity contribution in [3.63, 3.8) is 0 Å². The molecule has 0 aliphatic rings. The van der Waals surface area contributed by atoms with Crippen molar-refractivity contribution in [1.82, 2.24) is 4.40 Å². The molecule has 0 bridgehead atoms. The third-order valence-electron chi connectivity index (χ3n) is 3.78. The summed E-state index contributed by atoms with van der Waals surface area (Å²) in [7, 11) is 0. The average Bonchev–Trinajstić information content (AvgIpc) is 3.01. The van der Waals surface area contributed by atoms with E-state index in [9.17, 15) is 19.5 Å². The maximum Gasteiger partial charge on any atom is 0.340 e. The van der Waals surface area contributed by atoms with Crippen LogP contribution in [0.15, 0.2) is 54.7 Å². The Morgan fingerprint density at radius 1 is 1.04 bits per heavy atom. The molecule has 6 nitrogen and oxygen atoms in total. The van der Waals surface area contributed by atoms with Gasteiger partial charge in [0.05, 0.1) is 28.9 Å². The number of ketones is 1. The number of pyridine rings is 1. The van der Waals surface area contributed by atoms with Gasteiger partial charge in [-0.05, 0) is 25.1 Å². The van der Waals surface area contributed by atoms with Crippen LogP contribution < -0.4 is 0 Å². The largest absolute Gasteiger partial charge is 0.478 e. The van der Waals surface area contributed by atoms with Crippen molar-refractivity contribution in [3.8, 4) is 0 Å². The summed E-state index contributed by atoms with van der Waals surface area (Å²) in [6, 6.07) is 12.9. The van der Waals surface area contributed by atoms with Crippen LogP contribution in [0.2, 0.25) is 0 Å². The Balaban J connectivity index is 2.27. The second-order valence-corrected chi connectivity index (χ2v) is 5.30. The molecule has 0 unspecified atom stereocenters. The van der Waals surface area contributed by atoms with Crippen molar-refractivity contribution in [2.45, 2.75) is 6.92 Å². The topological polar surface area (TPSA) is 85.1 Å². The van der Waals surface area contributed by atoms with Gasteiger partial charge in [0.2, 0.25) is 5.78 Å². The van der Waals surface area contributed by atoms with Gasteiger partial charge < -0.3 is 14.2 Å². The number of carboxylic acid groups (broad SMARTS) is 1. The Hall–Kier alpha value is -3.41. The second-order valence-electron chi connectivity index (χ2n) is 5.30. The molecule has 1 N–H and O–H groups in total. The number of carboxylic acids is 1. The van der Waals surface area contributed by atoms with Crippen LogP contribution in [-0.2, 0) is 4.74 Å². The predicted octanol–water partition coefficient (Wildman–Crippen LogP) is 3.05. The van der Waals surface area contributed by atoms with E-state index in [2.05, 4.69) is 0 Å². The van der Waals surface area contributed by atoms with Crippen LogP contribution in [0.1, 0.15) is 43.7 Å². The Morgan fingerprint density at radius 2 is 1.76 bits per heavy atom. The molecule has 0 radical (unpaired) electrons. The van der Waals surface area contributed by atoms with E-state index in [1.807, 2.05) is 0 Å². The minimum Gasteiger partial charge on any atom is -0.478 e. The third-order valence-corrected chi connectivity index (χ3v) is 3.78. The molecule has 0 saturated heterocycles. The summed E-state index contributed by atoms with van der Waals surface area (Å²) in [4.78, 5) is 36.6. The molecule has 0 atom stereocenters. The smallest absolute Gasteiger partial charge is 0.340 e. The molecule has 0 saturated carbocycles. The van der Waals surface area contributed by atoms with Crippen molar-refractivity contribution in [2.24, 2.45) is 0 Å². The number of fused-ring (bicyclic) bond motifs is 1. The van der Waals surface area contributed by atoms with Gasteiger partial charge in [-0.1, -0.05) is 30.3 Å². The molecular weight excluding hydrogens is 322 g/mol. The molecule has 126 valence electrons. The Morgan fingerprint density at radius 3 is 2.40 bits per heavy atom. The standard InChI is InChI=1S/C19H15NO5/c1-2-25-19(24)14-11-15(17(21)12-7-4-3-5-8-12)20-10-6-9-13(16(14)20)18(22)23/h3-11H,2H2,1H3,(H,22,23). The van der Waals surface area contributed by atoms with Crippen molar-refractivity contribution in [2.75, 3.05) is 6.61 Å². The fourth-order valence-electron chi connectivity index (χ4n) is 2.71. The first-order valence-corrected chi connectivity index (χ1v) is 7.68. The molecule has 0 fully saturated rings. The summed E-state index contributed by atoms with van der Waals surface area (Å²) in [5.41, 5.74) is 0.773. The Labute approximate surface area is 143 Å². The number of nitrogens with zero attached hydrogens (tertiary/aromatic N) is 1. The van der Waals surface area contributed by atoms with Crippen LogP contribution in [0, 0.1) is 0 Å². The van der Waals surface area contributed by atoms with Gasteiger partial charge in [0.1, 0.15) is 0 Å². The van der Waals surface area contributed by atoms with Crippen molar-refractivity contribution in [1.29, 1.82) is 0 Å². The molecule has 0 amide bonds. The number of hydrogen-bond acceptors (Lipinski definition) is 4. The monoisotopic (exact) mass is 337 g/mol. The lowest BCUT2D eigenvalue weighted by molar-refractivity contribution is 0.0528. The van der Waals surface area contributed by atoms with Crippen molar-refractivity contribution in [3.05, 3.63) is 77.1 Å². The minimum absolute atomic E-state index is 0.0548. The molecule has 3 rings (SSSR count). The molecule has 0 aliphatic heterocycles. The van der Waals surface area contributed by atoms with Crippen molar-refractivity contribution < 1.29 is 24.2 Å². The van der Waals surface area contributed by atoms with Gasteiger partial charge >= 0.3 is 11.9 Å². The number of esters is 1. The van der Waals surface area contributed by atoms with E-state index in [-0.39, 0.29) is 34.7 Å². The molecule has 2 heterocycles. The summed E-state index contributed by atoms with van der Waals surface area (Å²) < 4.78 is 6.43. The van der Waals surface area contributed by atoms with Crippen LogP contribution >= 0.6 is 0 Å². The molecule has 25 heavy (non-hydrogen) atoms. The highest BCUT2D eigenvalue weighted by Crippen LogP contribution is 2.24. The van der Waals surface area contributed by atoms with Crippen LogP contribution in [0.5, 0.6) is 0 Å². The van der Waals surface area contributed by atoms with Crippen LogP contribution in [0.4, 0.5) is 0 Å². The number of hydrogen-bond donors (Lipinski definition) is 1. The number of aromatic carboxylic acids is 1. The zero-order valence-electron chi connectivity index (χ0n) is 13.4. The molecule has 0 aliphatic carbocycles. The summed E-state index contributed by atoms with van der Waals surface area (Å²) in [6.45, 7) is 1.80. The SMILES string of the molecule is CCOC(=O)c1cc(C(=O)c2ccccc2)n2cccc(C(=O)O)c12. The van der Waals surface area contributed by atoms with E-state index < -0.39 is 11.9 Å². The highest BCUT2D eigenvalue weighted by molar-refractivity contribution is 6.13. The quantitative estimate of drug-likeness (QED) is 0.571. The highest BCUT2D eigenvalue weighted by atomic mass is 16.5. The summed E-state index contributed by atoms with van der Waals surface area (Å²) >= 11 is 0. The Kier molecular flexibility index (Phi) is 4.35. The minimum atomic E-state index is -1.19. The lowest BCUT2D eigenvalue weighted by Gasteiger charge is -2.05. The predicted molar refractivity (Wildman–Crippen MR) is 90.2 cm³/mol. The normalized spacial score (nSPS) is 10.6. The van der Waals surface area contributed by atoms with E-state index in [1.165, 1.54) is 22.6 Å². The maximum atomic E-state index is 12.8. The number of carbonyl (C=O) groups is 3. The molecule has 1 aromatic carbocycles. The number of benzene rings is 1. The fourth-order valence-corrected chi connectivity index (χ4v) is 2.71. The molecule has 2 aromatic heterocycles. The molecular formula is C19H15NO5. The van der Waals surface area contributed by atoms with E-state index in [0.717, 1.165) is 0 Å². The molecule has 6 heteroatoms. The van der Waals surface area contributed by atoms with Crippen LogP contribution in [-0.4, -0.2) is 33.8 Å². The summed E-state index contributed by atoms with van der Waals surface area (Å²) in [5, 5.41) is 9.43. The van der Waals surface area contributed by atoms with Gasteiger partial charge in [-0.15, -0.1) is 0 Å². The van der Waals surface area contributed by atoms with Gasteiger partial charge in [-0.3, -0.25) is 4.79 Å². The average molecular weight is 337 g/mol. The lowest BCUT2D eigenvalue weighted by atomic mass is 10.1. The highest BCUT2D eigenvalue weighted by Gasteiger charge is 2.24. The van der Waals surface area contributed by atoms with Gasteiger partial charge in [0, 0.05) is 11.8 Å². The Bertz CT molecular complexity index is 972. The third kappa shape index (κ3) is 2.89. The van der Waals surface area contributed by atoms with Crippen molar-refractivity contribution >= 4 is 23.2 Å². The zero-order valence-corrected chi connectivity index (χ0v) is 13.4. The van der Waals surface area contributed by atoms with Gasteiger partial charge in [-0.2, -0.15) is 0 Å². The van der Waals surface area contributed by atoms with Crippen LogP contribution in [0.25, 0.3) is 5.52 Å². The summed E-state index contributed by atoms with van der Waals surface area (Å²) in [5.74, 6) is -2.16. The molecule has 0 spiro atoms. The second kappa shape index (κ2) is 6.60. The number of aromatic nitrogens is 1. The van der Waals surface area contributed by atoms with Crippen LogP contribution in [0.3, 0.4) is 0 Å². The van der Waals surface area contributed by atoms with Gasteiger partial charge in [-0.25, -0.2) is 9.59 Å². The van der Waals surface area contributed by atoms with Gasteiger partial charge in [0.15, 0.2) is 0 Å². The first-order valence-electron chi connectivity index (χ1n) is 7.68. The number of carbonyl (C=O) groups excluding carboxylic acids is 2. The van der Waals surface area contributed by atoms with E-state index in [1.54, 1.807) is 43.5 Å². The number of rotatable bonds is 5. The van der Waals surface area contributed by atoms with Gasteiger partial charge in [0.25, 0.3) is 0 Å². The lowest BCUT2D eigenvalue weighted by Crippen LogP contribution is -2.08. The molecule has 3 aromatic rings. The van der Waals surface area contributed by atoms with E-state index in [4.69, 9.17) is 4.74 Å². The maximum absolute atomic E-state index is 12.8. The first-order chi connectivity index (χ1) is 12.0. The summed E-state index contributed by atoms with van der Waals surface area (Å²) in [6.07, 6.45) is 1.56. The first kappa shape index (κ1) is 16.4. The van der Waals surface area contributed by atoms with E-state index >= 15 is 0 Å².